The minimum Gasteiger partial charge on any atom is -0.357 e. The van der Waals surface area contributed by atoms with E-state index in [4.69, 9.17) is 4.99 Å². The SMILES string of the molecule is CCNC(=NCc1ccccc1Cn1cccn1)NCc1nnc2n1CCCC2. The van der Waals surface area contributed by atoms with Crippen molar-refractivity contribution in [3.05, 3.63) is 65.5 Å². The van der Waals surface area contributed by atoms with Crippen molar-refractivity contribution in [2.24, 2.45) is 4.99 Å². The highest BCUT2D eigenvalue weighted by atomic mass is 15.3. The van der Waals surface area contributed by atoms with Gasteiger partial charge < -0.3 is 15.2 Å². The number of aromatic nitrogens is 5. The van der Waals surface area contributed by atoms with Gasteiger partial charge in [0.2, 0.25) is 0 Å². The van der Waals surface area contributed by atoms with E-state index in [0.717, 1.165) is 43.7 Å². The maximum Gasteiger partial charge on any atom is 0.191 e. The normalized spacial score (nSPS) is 13.9. The minimum atomic E-state index is 0.602. The molecule has 0 fully saturated rings. The fraction of sp³-hybridized carbons (Fsp3) is 0.429. The van der Waals surface area contributed by atoms with Crippen LogP contribution < -0.4 is 10.6 Å². The Morgan fingerprint density at radius 3 is 2.83 bits per heavy atom. The van der Waals surface area contributed by atoms with Gasteiger partial charge in [0.1, 0.15) is 5.82 Å². The number of benzene rings is 1. The van der Waals surface area contributed by atoms with Gasteiger partial charge in [0.15, 0.2) is 11.8 Å². The lowest BCUT2D eigenvalue weighted by Gasteiger charge is -2.16. The smallest absolute Gasteiger partial charge is 0.191 e. The summed E-state index contributed by atoms with van der Waals surface area (Å²) in [5.74, 6) is 2.86. The van der Waals surface area contributed by atoms with E-state index >= 15 is 0 Å². The third-order valence-electron chi connectivity index (χ3n) is 5.11. The fourth-order valence-corrected chi connectivity index (χ4v) is 3.60. The van der Waals surface area contributed by atoms with Crippen molar-refractivity contribution in [3.8, 4) is 0 Å². The zero-order valence-corrected chi connectivity index (χ0v) is 16.9. The molecule has 0 radical (unpaired) electrons. The van der Waals surface area contributed by atoms with E-state index in [0.29, 0.717) is 13.1 Å². The van der Waals surface area contributed by atoms with Crippen molar-refractivity contribution in [1.29, 1.82) is 0 Å². The number of hydrogen-bond donors (Lipinski definition) is 2. The first-order valence-corrected chi connectivity index (χ1v) is 10.3. The third-order valence-corrected chi connectivity index (χ3v) is 5.11. The second-order valence-corrected chi connectivity index (χ2v) is 7.16. The molecule has 8 heteroatoms. The van der Waals surface area contributed by atoms with Gasteiger partial charge in [0.25, 0.3) is 0 Å². The first-order chi connectivity index (χ1) is 14.3. The Balaban J connectivity index is 1.43. The van der Waals surface area contributed by atoms with Gasteiger partial charge in [0.05, 0.1) is 19.6 Å². The number of rotatable bonds is 7. The Bertz CT molecular complexity index is 942. The molecule has 0 saturated carbocycles. The second-order valence-electron chi connectivity index (χ2n) is 7.16. The third kappa shape index (κ3) is 4.82. The summed E-state index contributed by atoms with van der Waals surface area (Å²) in [5, 5.41) is 19.7. The molecule has 0 unspecified atom stereocenters. The van der Waals surface area contributed by atoms with E-state index in [1.165, 1.54) is 24.0 Å². The van der Waals surface area contributed by atoms with Crippen LogP contribution in [-0.4, -0.2) is 37.0 Å². The lowest BCUT2D eigenvalue weighted by molar-refractivity contribution is 0.504. The molecule has 0 aliphatic carbocycles. The predicted molar refractivity (Wildman–Crippen MR) is 112 cm³/mol. The molecule has 1 aliphatic heterocycles. The van der Waals surface area contributed by atoms with Crippen LogP contribution in [-0.2, 0) is 32.6 Å². The lowest BCUT2D eigenvalue weighted by Crippen LogP contribution is -2.37. The Morgan fingerprint density at radius 1 is 1.10 bits per heavy atom. The van der Waals surface area contributed by atoms with Crippen LogP contribution >= 0.6 is 0 Å². The van der Waals surface area contributed by atoms with Crippen molar-refractivity contribution in [3.63, 3.8) is 0 Å². The van der Waals surface area contributed by atoms with E-state index in [9.17, 15) is 0 Å². The molecule has 3 heterocycles. The summed E-state index contributed by atoms with van der Waals surface area (Å²) in [6.07, 6.45) is 7.20. The number of aryl methyl sites for hydroxylation is 1. The molecular formula is C21H28N8. The van der Waals surface area contributed by atoms with E-state index in [1.807, 2.05) is 16.9 Å². The molecule has 1 aliphatic rings. The van der Waals surface area contributed by atoms with Gasteiger partial charge in [-0.05, 0) is 37.0 Å². The largest absolute Gasteiger partial charge is 0.357 e. The molecule has 2 N–H and O–H groups in total. The van der Waals surface area contributed by atoms with Crippen LogP contribution in [0.4, 0.5) is 0 Å². The van der Waals surface area contributed by atoms with Gasteiger partial charge in [-0.25, -0.2) is 4.99 Å². The number of fused-ring (bicyclic) bond motifs is 1. The molecule has 0 atom stereocenters. The topological polar surface area (TPSA) is 84.9 Å². The average Bonchev–Trinajstić information content (AvgIpc) is 3.41. The van der Waals surface area contributed by atoms with E-state index < -0.39 is 0 Å². The highest BCUT2D eigenvalue weighted by Crippen LogP contribution is 2.14. The Kier molecular flexibility index (Phi) is 6.19. The highest BCUT2D eigenvalue weighted by molar-refractivity contribution is 5.79. The first-order valence-electron chi connectivity index (χ1n) is 10.3. The molecule has 0 amide bonds. The van der Waals surface area contributed by atoms with Crippen molar-refractivity contribution >= 4 is 5.96 Å². The van der Waals surface area contributed by atoms with Crippen molar-refractivity contribution in [2.45, 2.75) is 52.4 Å². The number of nitrogens with one attached hydrogen (secondary N) is 2. The fourth-order valence-electron chi connectivity index (χ4n) is 3.60. The molecule has 0 saturated heterocycles. The van der Waals surface area contributed by atoms with Crippen LogP contribution in [0.3, 0.4) is 0 Å². The maximum absolute atomic E-state index is 4.79. The van der Waals surface area contributed by atoms with Gasteiger partial charge in [-0.15, -0.1) is 10.2 Å². The number of nitrogens with zero attached hydrogens (tertiary/aromatic N) is 6. The molecule has 0 bridgehead atoms. The zero-order valence-electron chi connectivity index (χ0n) is 16.9. The van der Waals surface area contributed by atoms with Gasteiger partial charge >= 0.3 is 0 Å². The second kappa shape index (κ2) is 9.36. The van der Waals surface area contributed by atoms with Crippen molar-refractivity contribution < 1.29 is 0 Å². The van der Waals surface area contributed by atoms with Gasteiger partial charge in [0, 0.05) is 31.9 Å². The minimum absolute atomic E-state index is 0.602. The molecule has 2 aromatic heterocycles. The Hall–Kier alpha value is -3.16. The van der Waals surface area contributed by atoms with Crippen molar-refractivity contribution in [2.75, 3.05) is 6.54 Å². The summed E-state index contributed by atoms with van der Waals surface area (Å²) in [6, 6.07) is 10.3. The number of hydrogen-bond acceptors (Lipinski definition) is 4. The van der Waals surface area contributed by atoms with Gasteiger partial charge in [-0.1, -0.05) is 24.3 Å². The highest BCUT2D eigenvalue weighted by Gasteiger charge is 2.15. The molecule has 3 aromatic rings. The standard InChI is InChI=1S/C21H28N8/c1-2-22-21(24-15-20-27-26-19-10-5-6-13-29(19)20)23-14-17-8-3-4-9-18(17)16-28-12-7-11-25-28/h3-4,7-9,11-12H,2,5-6,10,13-16H2,1H3,(H2,22,23,24). The maximum atomic E-state index is 4.79. The molecule has 29 heavy (non-hydrogen) atoms. The lowest BCUT2D eigenvalue weighted by atomic mass is 10.1. The predicted octanol–water partition coefficient (Wildman–Crippen LogP) is 2.11. The molecular weight excluding hydrogens is 364 g/mol. The molecule has 4 rings (SSSR count). The molecule has 1 aromatic carbocycles. The van der Waals surface area contributed by atoms with E-state index in [-0.39, 0.29) is 0 Å². The van der Waals surface area contributed by atoms with Crippen LogP contribution in [0, 0.1) is 0 Å². The summed E-state index contributed by atoms with van der Waals surface area (Å²) < 4.78 is 4.17. The van der Waals surface area contributed by atoms with E-state index in [1.54, 1.807) is 6.20 Å². The van der Waals surface area contributed by atoms with Crippen LogP contribution in [0.15, 0.2) is 47.7 Å². The molecule has 8 nitrogen and oxygen atoms in total. The summed E-state index contributed by atoms with van der Waals surface area (Å²) >= 11 is 0. The quantitative estimate of drug-likeness (QED) is 0.475. The van der Waals surface area contributed by atoms with Crippen molar-refractivity contribution in [1.82, 2.24) is 35.2 Å². The molecule has 152 valence electrons. The van der Waals surface area contributed by atoms with E-state index in [2.05, 4.69) is 61.7 Å². The Labute approximate surface area is 171 Å². The summed E-state index contributed by atoms with van der Waals surface area (Å²) in [6.45, 7) is 5.85. The van der Waals surface area contributed by atoms with Gasteiger partial charge in [-0.3, -0.25) is 4.68 Å². The monoisotopic (exact) mass is 392 g/mol. The number of aliphatic imine (C=N–C) groups is 1. The first kappa shape index (κ1) is 19.2. The van der Waals surface area contributed by atoms with Crippen LogP contribution in [0.5, 0.6) is 0 Å². The summed E-state index contributed by atoms with van der Waals surface area (Å²) in [5.41, 5.74) is 2.42. The van der Waals surface area contributed by atoms with Crippen LogP contribution in [0.1, 0.15) is 42.5 Å². The average molecular weight is 393 g/mol. The van der Waals surface area contributed by atoms with Crippen LogP contribution in [0.2, 0.25) is 0 Å². The van der Waals surface area contributed by atoms with Crippen LogP contribution in [0.25, 0.3) is 0 Å². The summed E-state index contributed by atoms with van der Waals surface area (Å²) in [7, 11) is 0. The van der Waals surface area contributed by atoms with Gasteiger partial charge in [-0.2, -0.15) is 5.10 Å². The molecule has 0 spiro atoms. The summed E-state index contributed by atoms with van der Waals surface area (Å²) in [4.78, 5) is 4.79. The Morgan fingerprint density at radius 2 is 2.00 bits per heavy atom. The number of guanidine groups is 1. The zero-order chi connectivity index (χ0) is 19.9.